The van der Waals surface area contributed by atoms with Crippen LogP contribution in [0.5, 0.6) is 0 Å². The minimum Gasteiger partial charge on any atom is -0.369 e. The van der Waals surface area contributed by atoms with Crippen LogP contribution >= 0.6 is 27.5 Å². The highest BCUT2D eigenvalue weighted by molar-refractivity contribution is 9.10. The maximum Gasteiger partial charge on any atom is 0.168 e. The Morgan fingerprint density at radius 3 is 2.92 bits per heavy atom. The molecule has 0 bridgehead atoms. The minimum atomic E-state index is 0.313. The summed E-state index contributed by atoms with van der Waals surface area (Å²) in [5, 5.41) is 7.64. The van der Waals surface area contributed by atoms with E-state index in [9.17, 15) is 0 Å². The molecular weight excluding hydrogens is 255 g/mol. The van der Waals surface area contributed by atoms with Crippen LogP contribution in [-0.2, 0) is 0 Å². The molecule has 0 aliphatic rings. The van der Waals surface area contributed by atoms with Gasteiger partial charge in [0.1, 0.15) is 5.69 Å². The highest BCUT2D eigenvalue weighted by Crippen LogP contribution is 2.28. The molecule has 0 amide bonds. The largest absolute Gasteiger partial charge is 0.369 e. The fraction of sp³-hybridized carbons (Fsp3) is 0.286. The second kappa shape index (κ2) is 4.53. The Morgan fingerprint density at radius 2 is 2.31 bits per heavy atom. The predicted molar refractivity (Wildman–Crippen MR) is 56.6 cm³/mol. The van der Waals surface area contributed by atoms with Gasteiger partial charge in [0.25, 0.3) is 0 Å². The molecule has 0 atom stereocenters. The van der Waals surface area contributed by atoms with E-state index in [4.69, 9.17) is 11.6 Å². The van der Waals surface area contributed by atoms with Crippen LogP contribution in [0.2, 0.25) is 5.15 Å². The van der Waals surface area contributed by atoms with Crippen LogP contribution in [0.15, 0.2) is 15.7 Å². The lowest BCUT2D eigenvalue weighted by atomic mass is 10.5. The van der Waals surface area contributed by atoms with Gasteiger partial charge in [-0.2, -0.15) is 5.10 Å². The van der Waals surface area contributed by atoms with Crippen LogP contribution in [0, 0.1) is 0 Å². The van der Waals surface area contributed by atoms with Gasteiger partial charge in [0.2, 0.25) is 0 Å². The second-order valence-electron chi connectivity index (χ2n) is 2.54. The minimum absolute atomic E-state index is 0.313. The third-order valence-corrected chi connectivity index (χ3v) is 2.43. The third-order valence-electron chi connectivity index (χ3n) is 1.16. The molecule has 1 aromatic rings. The maximum atomic E-state index is 5.72. The van der Waals surface area contributed by atoms with Crippen molar-refractivity contribution in [2.45, 2.75) is 0 Å². The van der Waals surface area contributed by atoms with Crippen molar-refractivity contribution in [2.24, 2.45) is 4.99 Å². The van der Waals surface area contributed by atoms with Crippen molar-refractivity contribution in [2.75, 3.05) is 14.1 Å². The van der Waals surface area contributed by atoms with E-state index in [2.05, 4.69) is 31.1 Å². The van der Waals surface area contributed by atoms with Crippen LogP contribution in [0.4, 0.5) is 5.69 Å². The number of nitrogens with zero attached hydrogens (tertiary/aromatic N) is 4. The van der Waals surface area contributed by atoms with Crippen molar-refractivity contribution in [3.05, 3.63) is 15.8 Å². The molecule has 70 valence electrons. The van der Waals surface area contributed by atoms with E-state index >= 15 is 0 Å². The van der Waals surface area contributed by atoms with E-state index in [0.717, 1.165) is 0 Å². The van der Waals surface area contributed by atoms with Gasteiger partial charge in [-0.05, 0) is 15.9 Å². The van der Waals surface area contributed by atoms with E-state index < -0.39 is 0 Å². The van der Waals surface area contributed by atoms with Crippen molar-refractivity contribution in [3.63, 3.8) is 0 Å². The summed E-state index contributed by atoms with van der Waals surface area (Å²) in [6, 6.07) is 0. The number of hydrogen-bond donors (Lipinski definition) is 0. The summed E-state index contributed by atoms with van der Waals surface area (Å²) in [7, 11) is 3.77. The zero-order valence-electron chi connectivity index (χ0n) is 7.20. The van der Waals surface area contributed by atoms with Crippen molar-refractivity contribution in [1.29, 1.82) is 0 Å². The lowest BCUT2D eigenvalue weighted by molar-refractivity contribution is 0.643. The molecule has 0 unspecified atom stereocenters. The quantitative estimate of drug-likeness (QED) is 0.606. The van der Waals surface area contributed by atoms with E-state index in [-0.39, 0.29) is 0 Å². The summed E-state index contributed by atoms with van der Waals surface area (Å²) < 4.78 is 0.655. The van der Waals surface area contributed by atoms with Gasteiger partial charge in [-0.25, -0.2) is 4.99 Å². The molecule has 0 saturated carbocycles. The SMILES string of the molecule is CN(C)C=Nc1cnnc(Cl)c1Br. The molecule has 0 spiro atoms. The Labute approximate surface area is 89.8 Å². The van der Waals surface area contributed by atoms with Crippen molar-refractivity contribution in [3.8, 4) is 0 Å². The Balaban J connectivity index is 2.95. The summed E-state index contributed by atoms with van der Waals surface area (Å²) in [6.45, 7) is 0. The summed E-state index contributed by atoms with van der Waals surface area (Å²) in [6.07, 6.45) is 3.20. The fourth-order valence-corrected chi connectivity index (χ4v) is 1.03. The molecule has 13 heavy (non-hydrogen) atoms. The average molecular weight is 264 g/mol. The topological polar surface area (TPSA) is 41.4 Å². The number of aliphatic imine (C=N–C) groups is 1. The lowest BCUT2D eigenvalue weighted by Crippen LogP contribution is -2.07. The van der Waals surface area contributed by atoms with Crippen LogP contribution in [0.3, 0.4) is 0 Å². The molecule has 0 fully saturated rings. The third kappa shape index (κ3) is 2.93. The second-order valence-corrected chi connectivity index (χ2v) is 3.69. The molecule has 0 aliphatic carbocycles. The van der Waals surface area contributed by atoms with Crippen LogP contribution in [-0.4, -0.2) is 35.5 Å². The lowest BCUT2D eigenvalue weighted by Gasteiger charge is -2.03. The molecule has 0 N–H and O–H groups in total. The van der Waals surface area contributed by atoms with E-state index in [1.165, 1.54) is 6.20 Å². The van der Waals surface area contributed by atoms with Crippen molar-refractivity contribution >= 4 is 39.6 Å². The number of rotatable bonds is 2. The molecule has 6 heteroatoms. The molecular formula is C7H8BrClN4. The van der Waals surface area contributed by atoms with Gasteiger partial charge in [0.05, 0.1) is 17.0 Å². The van der Waals surface area contributed by atoms with Gasteiger partial charge in [-0.3, -0.25) is 0 Å². The first-order chi connectivity index (χ1) is 6.11. The first-order valence-corrected chi connectivity index (χ1v) is 4.65. The molecule has 0 aromatic carbocycles. The highest BCUT2D eigenvalue weighted by Gasteiger charge is 2.03. The highest BCUT2D eigenvalue weighted by atomic mass is 79.9. The van der Waals surface area contributed by atoms with Crippen LogP contribution < -0.4 is 0 Å². The first kappa shape index (κ1) is 10.4. The van der Waals surface area contributed by atoms with Gasteiger partial charge in [0.15, 0.2) is 5.15 Å². The molecule has 0 radical (unpaired) electrons. The van der Waals surface area contributed by atoms with Gasteiger partial charge >= 0.3 is 0 Å². The average Bonchev–Trinajstić information content (AvgIpc) is 2.07. The normalized spacial score (nSPS) is 10.8. The van der Waals surface area contributed by atoms with Gasteiger partial charge in [-0.15, -0.1) is 5.10 Å². The first-order valence-electron chi connectivity index (χ1n) is 3.48. The zero-order chi connectivity index (χ0) is 9.84. The zero-order valence-corrected chi connectivity index (χ0v) is 9.54. The van der Waals surface area contributed by atoms with Crippen molar-refractivity contribution < 1.29 is 0 Å². The molecule has 0 saturated heterocycles. The van der Waals surface area contributed by atoms with Crippen LogP contribution in [0.25, 0.3) is 0 Å². The van der Waals surface area contributed by atoms with Gasteiger partial charge in [-0.1, -0.05) is 11.6 Å². The van der Waals surface area contributed by atoms with Crippen LogP contribution in [0.1, 0.15) is 0 Å². The number of hydrogen-bond acceptors (Lipinski definition) is 3. The Morgan fingerprint density at radius 1 is 1.62 bits per heavy atom. The molecule has 1 aromatic heterocycles. The summed E-state index contributed by atoms with van der Waals surface area (Å²) in [5.41, 5.74) is 0.661. The number of halogens is 2. The molecule has 1 heterocycles. The maximum absolute atomic E-state index is 5.72. The molecule has 4 nitrogen and oxygen atoms in total. The van der Waals surface area contributed by atoms with Gasteiger partial charge in [0, 0.05) is 14.1 Å². The van der Waals surface area contributed by atoms with E-state index in [1.54, 1.807) is 6.34 Å². The van der Waals surface area contributed by atoms with Crippen molar-refractivity contribution in [1.82, 2.24) is 15.1 Å². The monoisotopic (exact) mass is 262 g/mol. The van der Waals surface area contributed by atoms with Gasteiger partial charge < -0.3 is 4.90 Å². The molecule has 1 rings (SSSR count). The Bertz CT molecular complexity index is 326. The predicted octanol–water partition coefficient (Wildman–Crippen LogP) is 2.11. The van der Waals surface area contributed by atoms with E-state index in [0.29, 0.717) is 15.3 Å². The Kier molecular flexibility index (Phi) is 3.62. The standard InChI is InChI=1S/C7H8BrClN4/c1-13(2)4-10-5-3-11-12-7(9)6(5)8/h3-4H,1-2H3. The number of aromatic nitrogens is 2. The Hall–Kier alpha value is -0.680. The van der Waals surface area contributed by atoms with E-state index in [1.807, 2.05) is 19.0 Å². The summed E-state index contributed by atoms with van der Waals surface area (Å²) >= 11 is 8.98. The summed E-state index contributed by atoms with van der Waals surface area (Å²) in [4.78, 5) is 5.95. The summed E-state index contributed by atoms with van der Waals surface area (Å²) in [5.74, 6) is 0. The smallest absolute Gasteiger partial charge is 0.168 e. The molecule has 0 aliphatic heterocycles. The fourth-order valence-electron chi connectivity index (χ4n) is 0.608.